The molecule has 0 fully saturated rings. The van der Waals surface area contributed by atoms with Crippen LogP contribution < -0.4 is 10.6 Å². The molecule has 0 saturated heterocycles. The van der Waals surface area contributed by atoms with Crippen LogP contribution in [0.2, 0.25) is 0 Å². The van der Waals surface area contributed by atoms with Gasteiger partial charge in [0.25, 0.3) is 0 Å². The zero-order valence-corrected chi connectivity index (χ0v) is 12.6. The Balaban J connectivity index is 2.05. The van der Waals surface area contributed by atoms with Crippen molar-refractivity contribution in [3.63, 3.8) is 0 Å². The minimum absolute atomic E-state index is 0.788. The number of aromatic amines is 1. The van der Waals surface area contributed by atoms with Crippen LogP contribution in [0.5, 0.6) is 0 Å². The number of aryl methyl sites for hydroxylation is 1. The third kappa shape index (κ3) is 3.32. The van der Waals surface area contributed by atoms with E-state index in [0.29, 0.717) is 0 Å². The number of guanidine groups is 1. The highest BCUT2D eigenvalue weighted by Gasteiger charge is 2.04. The Hall–Kier alpha value is -1.97. The summed E-state index contributed by atoms with van der Waals surface area (Å²) in [6.45, 7) is 8.85. The number of fused-ring (bicyclic) bond motifs is 1. The molecule has 0 aliphatic carbocycles. The van der Waals surface area contributed by atoms with Gasteiger partial charge in [0, 0.05) is 36.7 Å². The number of aliphatic imine (C=N–C) groups is 1. The zero-order chi connectivity index (χ0) is 14.4. The monoisotopic (exact) mass is 272 g/mol. The fraction of sp³-hybridized carbons (Fsp3) is 0.438. The highest BCUT2D eigenvalue weighted by Crippen LogP contribution is 2.21. The lowest BCUT2D eigenvalue weighted by Gasteiger charge is -2.08. The molecule has 0 spiro atoms. The summed E-state index contributed by atoms with van der Waals surface area (Å²) in [7, 11) is 0. The van der Waals surface area contributed by atoms with Crippen LogP contribution in [0.1, 0.15) is 25.0 Å². The quantitative estimate of drug-likeness (QED) is 0.579. The Morgan fingerprint density at radius 3 is 2.65 bits per heavy atom. The first kappa shape index (κ1) is 14.4. The molecular formula is C16H24N4. The molecule has 0 unspecified atom stereocenters. The molecule has 2 rings (SSSR count). The van der Waals surface area contributed by atoms with E-state index in [-0.39, 0.29) is 0 Å². The van der Waals surface area contributed by atoms with Crippen LogP contribution in [-0.4, -0.2) is 30.6 Å². The largest absolute Gasteiger partial charge is 0.361 e. The van der Waals surface area contributed by atoms with E-state index < -0.39 is 0 Å². The third-order valence-corrected chi connectivity index (χ3v) is 3.35. The predicted molar refractivity (Wildman–Crippen MR) is 86.4 cm³/mol. The van der Waals surface area contributed by atoms with Crippen LogP contribution in [0, 0.1) is 6.92 Å². The van der Waals surface area contributed by atoms with Crippen LogP contribution in [0.25, 0.3) is 10.9 Å². The van der Waals surface area contributed by atoms with E-state index in [9.17, 15) is 0 Å². The van der Waals surface area contributed by atoms with Gasteiger partial charge in [0.2, 0.25) is 0 Å². The van der Waals surface area contributed by atoms with Crippen molar-refractivity contribution in [3.05, 3.63) is 35.5 Å². The summed E-state index contributed by atoms with van der Waals surface area (Å²) in [6.07, 6.45) is 3.05. The summed E-state index contributed by atoms with van der Waals surface area (Å²) in [5, 5.41) is 7.80. The molecule has 0 aliphatic heterocycles. The normalized spacial score (nSPS) is 10.6. The van der Waals surface area contributed by atoms with Gasteiger partial charge in [0.15, 0.2) is 5.96 Å². The molecule has 2 aromatic rings. The van der Waals surface area contributed by atoms with Crippen molar-refractivity contribution in [2.24, 2.45) is 4.99 Å². The van der Waals surface area contributed by atoms with E-state index in [1.807, 2.05) is 0 Å². The minimum atomic E-state index is 0.788. The molecule has 0 bridgehead atoms. The van der Waals surface area contributed by atoms with Gasteiger partial charge in [-0.15, -0.1) is 0 Å². The summed E-state index contributed by atoms with van der Waals surface area (Å²) in [5.74, 6) is 0.894. The highest BCUT2D eigenvalue weighted by atomic mass is 15.2. The second-order valence-corrected chi connectivity index (χ2v) is 4.85. The maximum absolute atomic E-state index is 4.59. The van der Waals surface area contributed by atoms with Crippen molar-refractivity contribution < 1.29 is 0 Å². The molecule has 1 aromatic carbocycles. The van der Waals surface area contributed by atoms with Crippen LogP contribution in [0.3, 0.4) is 0 Å². The van der Waals surface area contributed by atoms with Crippen molar-refractivity contribution in [1.82, 2.24) is 15.6 Å². The Kier molecular flexibility index (Phi) is 5.04. The number of H-pyrrole nitrogens is 1. The molecule has 1 aromatic heterocycles. The van der Waals surface area contributed by atoms with Crippen molar-refractivity contribution in [3.8, 4) is 0 Å². The summed E-state index contributed by atoms with van der Waals surface area (Å²) in [5.41, 5.74) is 3.86. The second-order valence-electron chi connectivity index (χ2n) is 4.85. The van der Waals surface area contributed by atoms with E-state index in [0.717, 1.165) is 32.0 Å². The first-order valence-corrected chi connectivity index (χ1v) is 7.34. The smallest absolute Gasteiger partial charge is 0.191 e. The fourth-order valence-corrected chi connectivity index (χ4v) is 2.37. The molecule has 20 heavy (non-hydrogen) atoms. The number of aromatic nitrogens is 1. The van der Waals surface area contributed by atoms with Crippen LogP contribution in [0.15, 0.2) is 29.4 Å². The first-order chi connectivity index (χ1) is 9.76. The standard InChI is InChI=1S/C16H24N4/c1-4-17-16(18-5-2)19-10-9-13-11-20-15-12(3)7-6-8-14(13)15/h6-8,11,20H,4-5,9-10H2,1-3H3,(H2,17,18,19). The van der Waals surface area contributed by atoms with Crippen molar-refractivity contribution in [1.29, 1.82) is 0 Å². The van der Waals surface area contributed by atoms with E-state index >= 15 is 0 Å². The van der Waals surface area contributed by atoms with Gasteiger partial charge in [-0.1, -0.05) is 18.2 Å². The molecular weight excluding hydrogens is 248 g/mol. The van der Waals surface area contributed by atoms with E-state index in [1.54, 1.807) is 0 Å². The number of para-hydroxylation sites is 1. The third-order valence-electron chi connectivity index (χ3n) is 3.35. The number of hydrogen-bond acceptors (Lipinski definition) is 1. The molecule has 3 N–H and O–H groups in total. The van der Waals surface area contributed by atoms with E-state index in [4.69, 9.17) is 0 Å². The molecule has 1 heterocycles. The maximum Gasteiger partial charge on any atom is 0.191 e. The topological polar surface area (TPSA) is 52.2 Å². The molecule has 0 saturated carbocycles. The zero-order valence-electron chi connectivity index (χ0n) is 12.6. The maximum atomic E-state index is 4.59. The van der Waals surface area contributed by atoms with Crippen molar-refractivity contribution in [2.75, 3.05) is 19.6 Å². The number of benzene rings is 1. The Bertz CT molecular complexity index is 575. The minimum Gasteiger partial charge on any atom is -0.361 e. The van der Waals surface area contributed by atoms with Crippen LogP contribution >= 0.6 is 0 Å². The van der Waals surface area contributed by atoms with E-state index in [2.05, 4.69) is 65.8 Å². The van der Waals surface area contributed by atoms with Crippen molar-refractivity contribution in [2.45, 2.75) is 27.2 Å². The summed E-state index contributed by atoms with van der Waals surface area (Å²) >= 11 is 0. The molecule has 108 valence electrons. The van der Waals surface area contributed by atoms with Gasteiger partial charge in [-0.05, 0) is 38.3 Å². The highest BCUT2D eigenvalue weighted by molar-refractivity contribution is 5.86. The second kappa shape index (κ2) is 6.98. The fourth-order valence-electron chi connectivity index (χ4n) is 2.37. The number of hydrogen-bond donors (Lipinski definition) is 3. The lowest BCUT2D eigenvalue weighted by atomic mass is 10.1. The predicted octanol–water partition coefficient (Wildman–Crippen LogP) is 2.59. The molecule has 0 aliphatic rings. The summed E-state index contributed by atoms with van der Waals surface area (Å²) < 4.78 is 0. The molecule has 4 nitrogen and oxygen atoms in total. The van der Waals surface area contributed by atoms with Gasteiger partial charge in [-0.25, -0.2) is 0 Å². The number of rotatable bonds is 5. The number of nitrogens with zero attached hydrogens (tertiary/aromatic N) is 1. The van der Waals surface area contributed by atoms with Crippen LogP contribution in [-0.2, 0) is 6.42 Å². The average Bonchev–Trinajstić information content (AvgIpc) is 2.84. The summed E-state index contributed by atoms with van der Waals surface area (Å²) in [4.78, 5) is 7.95. The first-order valence-electron chi connectivity index (χ1n) is 7.34. The van der Waals surface area contributed by atoms with Gasteiger partial charge in [-0.3, -0.25) is 4.99 Å². The summed E-state index contributed by atoms with van der Waals surface area (Å²) in [6, 6.07) is 6.42. The lowest BCUT2D eigenvalue weighted by molar-refractivity contribution is 0.834. The van der Waals surface area contributed by atoms with E-state index in [1.165, 1.54) is 22.0 Å². The lowest BCUT2D eigenvalue weighted by Crippen LogP contribution is -2.37. The molecule has 0 amide bonds. The SMILES string of the molecule is CCNC(=NCCc1c[nH]c2c(C)cccc12)NCC. The van der Waals surface area contributed by atoms with Crippen molar-refractivity contribution >= 4 is 16.9 Å². The Morgan fingerprint density at radius 1 is 1.20 bits per heavy atom. The molecule has 0 radical (unpaired) electrons. The average molecular weight is 272 g/mol. The van der Waals surface area contributed by atoms with Crippen LogP contribution in [0.4, 0.5) is 0 Å². The Labute approximate surface area is 120 Å². The molecule has 4 heteroatoms. The van der Waals surface area contributed by atoms with Gasteiger partial charge < -0.3 is 15.6 Å². The van der Waals surface area contributed by atoms with Gasteiger partial charge >= 0.3 is 0 Å². The number of nitrogens with one attached hydrogen (secondary N) is 3. The van der Waals surface area contributed by atoms with Gasteiger partial charge in [0.1, 0.15) is 0 Å². The molecule has 0 atom stereocenters. The van der Waals surface area contributed by atoms with Gasteiger partial charge in [0.05, 0.1) is 0 Å². The van der Waals surface area contributed by atoms with Gasteiger partial charge in [-0.2, -0.15) is 0 Å². The Morgan fingerprint density at radius 2 is 1.95 bits per heavy atom.